The number of ether oxygens (including phenoxy) is 2. The second kappa shape index (κ2) is 5.36. The second-order valence-electron chi connectivity index (χ2n) is 4.96. The van der Waals surface area contributed by atoms with Crippen LogP contribution in [0, 0.1) is 5.82 Å². The molecule has 9 heteroatoms. The summed E-state index contributed by atoms with van der Waals surface area (Å²) in [6.45, 7) is -0.0348. The molecule has 1 heterocycles. The Morgan fingerprint density at radius 1 is 0.875 bits per heavy atom. The number of fused-ring (bicyclic) bond motifs is 1. The highest BCUT2D eigenvalue weighted by atomic mass is 19.4. The molecule has 1 aliphatic rings. The lowest BCUT2D eigenvalue weighted by atomic mass is 9.96. The molecule has 0 aromatic heterocycles. The van der Waals surface area contributed by atoms with E-state index in [1.54, 1.807) is 0 Å². The van der Waals surface area contributed by atoms with Crippen molar-refractivity contribution in [3.8, 4) is 39.9 Å². The molecule has 0 saturated carbocycles. The molecule has 0 unspecified atom stereocenters. The fourth-order valence-electron chi connectivity index (χ4n) is 2.46. The normalized spacial score (nSPS) is 13.8. The van der Waals surface area contributed by atoms with Gasteiger partial charge in [-0.05, 0) is 18.2 Å². The molecule has 2 aromatic rings. The van der Waals surface area contributed by atoms with Gasteiger partial charge in [0.2, 0.25) is 5.75 Å². The molecule has 5 nitrogen and oxygen atoms in total. The Kier molecular flexibility index (Phi) is 3.58. The molecule has 0 spiro atoms. The van der Waals surface area contributed by atoms with Gasteiger partial charge in [-0.2, -0.15) is 13.2 Å². The molecule has 0 radical (unpaired) electrons. The van der Waals surface area contributed by atoms with Crippen LogP contribution in [0.5, 0.6) is 28.7 Å². The molecule has 0 fully saturated rings. The van der Waals surface area contributed by atoms with Gasteiger partial charge in [-0.3, -0.25) is 0 Å². The van der Waals surface area contributed by atoms with Crippen LogP contribution in [-0.4, -0.2) is 28.5 Å². The van der Waals surface area contributed by atoms with Crippen molar-refractivity contribution < 1.29 is 42.4 Å². The first-order valence-corrected chi connectivity index (χ1v) is 6.65. The molecule has 1 aliphatic heterocycles. The molecule has 128 valence electrons. The Hall–Kier alpha value is -2.84. The molecule has 0 aliphatic carbocycles. The molecule has 0 atom stereocenters. The summed E-state index contributed by atoms with van der Waals surface area (Å²) >= 11 is 0. The van der Waals surface area contributed by atoms with Crippen LogP contribution < -0.4 is 9.47 Å². The van der Waals surface area contributed by atoms with Gasteiger partial charge in [0.1, 0.15) is 18.8 Å². The number of rotatable bonds is 1. The lowest BCUT2D eigenvalue weighted by molar-refractivity contribution is -0.138. The van der Waals surface area contributed by atoms with Gasteiger partial charge in [0, 0.05) is 11.1 Å². The van der Waals surface area contributed by atoms with Crippen molar-refractivity contribution in [2.24, 2.45) is 0 Å². The first-order valence-electron chi connectivity index (χ1n) is 6.65. The standard InChI is InChI=1S/C15H10F4O5/c16-8-5-7(13-14(11(8)21)24-4-3-23-13)6-1-2-9(20)12(22)10(6)15(17,18)19/h1-2,5,20-22H,3-4H2. The third-order valence-corrected chi connectivity index (χ3v) is 3.47. The van der Waals surface area contributed by atoms with E-state index in [9.17, 15) is 32.9 Å². The van der Waals surface area contributed by atoms with Gasteiger partial charge in [-0.25, -0.2) is 4.39 Å². The topological polar surface area (TPSA) is 79.2 Å². The van der Waals surface area contributed by atoms with E-state index in [0.29, 0.717) is 6.07 Å². The van der Waals surface area contributed by atoms with Gasteiger partial charge in [-0.1, -0.05) is 0 Å². The molecule has 3 N–H and O–H groups in total. The average Bonchev–Trinajstić information content (AvgIpc) is 2.52. The third kappa shape index (κ3) is 2.41. The first-order chi connectivity index (χ1) is 11.2. The smallest absolute Gasteiger partial charge is 0.420 e. The first kappa shape index (κ1) is 16.0. The van der Waals surface area contributed by atoms with Crippen molar-refractivity contribution in [2.45, 2.75) is 6.18 Å². The van der Waals surface area contributed by atoms with Crippen molar-refractivity contribution >= 4 is 0 Å². The summed E-state index contributed by atoms with van der Waals surface area (Å²) in [5.74, 6) is -5.16. The zero-order valence-electron chi connectivity index (χ0n) is 11.8. The number of alkyl halides is 3. The van der Waals surface area contributed by atoms with Crippen LogP contribution in [0.2, 0.25) is 0 Å². The molecular formula is C15H10F4O5. The predicted molar refractivity (Wildman–Crippen MR) is 72.8 cm³/mol. The van der Waals surface area contributed by atoms with Gasteiger partial charge >= 0.3 is 6.18 Å². The number of aromatic hydroxyl groups is 3. The Bertz CT molecular complexity index is 817. The van der Waals surface area contributed by atoms with Gasteiger partial charge in [-0.15, -0.1) is 0 Å². The van der Waals surface area contributed by atoms with Crippen molar-refractivity contribution in [2.75, 3.05) is 13.2 Å². The quantitative estimate of drug-likeness (QED) is 0.545. The largest absolute Gasteiger partial charge is 0.504 e. The summed E-state index contributed by atoms with van der Waals surface area (Å²) < 4.78 is 64.1. The van der Waals surface area contributed by atoms with E-state index >= 15 is 0 Å². The van der Waals surface area contributed by atoms with Gasteiger partial charge in [0.25, 0.3) is 0 Å². The molecule has 24 heavy (non-hydrogen) atoms. The van der Waals surface area contributed by atoms with Crippen LogP contribution in [0.25, 0.3) is 11.1 Å². The highest BCUT2D eigenvalue weighted by Crippen LogP contribution is 2.52. The van der Waals surface area contributed by atoms with Crippen LogP contribution in [0.4, 0.5) is 17.6 Å². The Balaban J connectivity index is 2.36. The number of hydrogen-bond acceptors (Lipinski definition) is 5. The van der Waals surface area contributed by atoms with E-state index in [2.05, 4.69) is 0 Å². The van der Waals surface area contributed by atoms with Gasteiger partial charge in [0.15, 0.2) is 28.8 Å². The Morgan fingerprint density at radius 3 is 2.12 bits per heavy atom. The van der Waals surface area contributed by atoms with Crippen LogP contribution >= 0.6 is 0 Å². The number of halogens is 4. The summed E-state index contributed by atoms with van der Waals surface area (Å²) in [5.41, 5.74) is -2.55. The van der Waals surface area contributed by atoms with Crippen LogP contribution in [-0.2, 0) is 6.18 Å². The van der Waals surface area contributed by atoms with E-state index in [1.807, 2.05) is 0 Å². The minimum absolute atomic E-state index is 0.0174. The number of phenols is 3. The highest BCUT2D eigenvalue weighted by Gasteiger charge is 2.40. The molecular weight excluding hydrogens is 336 g/mol. The third-order valence-electron chi connectivity index (χ3n) is 3.47. The minimum atomic E-state index is -5.03. The fourth-order valence-corrected chi connectivity index (χ4v) is 2.46. The average molecular weight is 346 g/mol. The molecule has 2 aromatic carbocycles. The summed E-state index contributed by atoms with van der Waals surface area (Å²) in [6.07, 6.45) is -5.03. The maximum atomic E-state index is 13.9. The molecule has 0 saturated heterocycles. The Labute approximate surface area is 132 Å². The number of phenolic OH excluding ortho intramolecular Hbond substituents is 3. The van der Waals surface area contributed by atoms with Crippen molar-refractivity contribution in [3.05, 3.63) is 29.6 Å². The summed E-state index contributed by atoms with van der Waals surface area (Å²) in [5, 5.41) is 28.6. The van der Waals surface area contributed by atoms with Crippen LogP contribution in [0.15, 0.2) is 18.2 Å². The zero-order chi connectivity index (χ0) is 17.6. The lowest BCUT2D eigenvalue weighted by Gasteiger charge is -2.24. The van der Waals surface area contributed by atoms with E-state index in [1.165, 1.54) is 0 Å². The number of hydrogen-bond donors (Lipinski definition) is 3. The molecule has 0 amide bonds. The highest BCUT2D eigenvalue weighted by molar-refractivity contribution is 5.81. The molecule has 3 rings (SSSR count). The van der Waals surface area contributed by atoms with E-state index < -0.39 is 46.1 Å². The second-order valence-corrected chi connectivity index (χ2v) is 4.96. The predicted octanol–water partition coefficient (Wildman–Crippen LogP) is 3.40. The van der Waals surface area contributed by atoms with Crippen molar-refractivity contribution in [1.82, 2.24) is 0 Å². The van der Waals surface area contributed by atoms with Crippen molar-refractivity contribution in [3.63, 3.8) is 0 Å². The van der Waals surface area contributed by atoms with Crippen LogP contribution in [0.1, 0.15) is 5.56 Å². The fraction of sp³-hybridized carbons (Fsp3) is 0.200. The van der Waals surface area contributed by atoms with Crippen LogP contribution in [0.3, 0.4) is 0 Å². The maximum Gasteiger partial charge on any atom is 0.420 e. The summed E-state index contributed by atoms with van der Waals surface area (Å²) in [6, 6.07) is 2.34. The van der Waals surface area contributed by atoms with Gasteiger partial charge in [0.05, 0.1) is 0 Å². The lowest BCUT2D eigenvalue weighted by Crippen LogP contribution is -2.17. The summed E-state index contributed by atoms with van der Waals surface area (Å²) in [7, 11) is 0. The minimum Gasteiger partial charge on any atom is -0.504 e. The zero-order valence-corrected chi connectivity index (χ0v) is 11.8. The maximum absolute atomic E-state index is 13.9. The van der Waals surface area contributed by atoms with E-state index in [4.69, 9.17) is 9.47 Å². The van der Waals surface area contributed by atoms with E-state index in [0.717, 1.165) is 12.1 Å². The monoisotopic (exact) mass is 346 g/mol. The Morgan fingerprint density at radius 2 is 1.50 bits per heavy atom. The summed E-state index contributed by atoms with van der Waals surface area (Å²) in [4.78, 5) is 0. The van der Waals surface area contributed by atoms with E-state index in [-0.39, 0.29) is 24.5 Å². The van der Waals surface area contributed by atoms with Gasteiger partial charge < -0.3 is 24.8 Å². The number of benzene rings is 2. The molecule has 0 bridgehead atoms. The SMILES string of the molecule is Oc1ccc(-c2cc(F)c(O)c3c2OCCO3)c(C(F)(F)F)c1O. The van der Waals surface area contributed by atoms with Crippen molar-refractivity contribution in [1.29, 1.82) is 0 Å².